The fourth-order valence-electron chi connectivity index (χ4n) is 0.963. The Labute approximate surface area is 75.6 Å². The molecule has 0 aliphatic carbocycles. The van der Waals surface area contributed by atoms with Gasteiger partial charge in [-0.1, -0.05) is 12.1 Å². The molecule has 0 fully saturated rings. The van der Waals surface area contributed by atoms with Crippen molar-refractivity contribution in [3.05, 3.63) is 29.3 Å². The highest BCUT2D eigenvalue weighted by Crippen LogP contribution is 2.21. The number of phenolic OH excluding ortho intramolecular Hbond substituents is 1. The van der Waals surface area contributed by atoms with E-state index in [0.29, 0.717) is 5.56 Å². The summed E-state index contributed by atoms with van der Waals surface area (Å²) in [6, 6.07) is 4.78. The monoisotopic (exact) mass is 184 g/mol. The number of hydrogen-bond donors (Lipinski definition) is 2. The van der Waals surface area contributed by atoms with E-state index in [4.69, 9.17) is 0 Å². The van der Waals surface area contributed by atoms with Crippen LogP contribution in [0.5, 0.6) is 5.75 Å². The van der Waals surface area contributed by atoms with Crippen LogP contribution in [0.1, 0.15) is 15.9 Å². The zero-order valence-corrected chi connectivity index (χ0v) is 7.34. The van der Waals surface area contributed by atoms with Gasteiger partial charge in [0, 0.05) is 12.9 Å². The molecule has 1 aromatic rings. The quantitative estimate of drug-likeness (QED) is 0.516. The van der Waals surface area contributed by atoms with Gasteiger partial charge in [0.1, 0.15) is 11.3 Å². The third-order valence-electron chi connectivity index (χ3n) is 1.54. The first kappa shape index (κ1) is 8.93. The molecule has 0 heterocycles. The Morgan fingerprint density at radius 1 is 1.58 bits per heavy atom. The molecule has 0 saturated heterocycles. The van der Waals surface area contributed by atoms with Crippen LogP contribution >= 0.6 is 12.9 Å². The number of carbonyl (C=O) groups excluding carboxylic acids is 1. The van der Waals surface area contributed by atoms with Crippen LogP contribution in [0.4, 0.5) is 0 Å². The van der Waals surface area contributed by atoms with Crippen LogP contribution in [-0.4, -0.2) is 11.1 Å². The van der Waals surface area contributed by atoms with Gasteiger partial charge in [-0.3, -0.25) is 0 Å². The van der Waals surface area contributed by atoms with E-state index in [2.05, 4.69) is 17.1 Å². The fraction of sp³-hybridized carbons (Fsp3) is 0.125. The Hall–Kier alpha value is -1.16. The van der Waals surface area contributed by atoms with E-state index in [9.17, 15) is 9.90 Å². The first-order valence-electron chi connectivity index (χ1n) is 3.31. The van der Waals surface area contributed by atoms with Gasteiger partial charge in [-0.2, -0.15) is 0 Å². The third kappa shape index (κ3) is 1.53. The Morgan fingerprint density at radius 3 is 2.75 bits per heavy atom. The van der Waals surface area contributed by atoms with Gasteiger partial charge in [-0.05, 0) is 18.6 Å². The standard InChI is InChI=1S/C8H8O3S/c1-5-3-2-4-6(9)7(5)8(10)11-12/h2-4,9,12H,1H3. The lowest BCUT2D eigenvalue weighted by atomic mass is 10.1. The number of phenols is 1. The Bertz CT molecular complexity index is 289. The van der Waals surface area contributed by atoms with Crippen molar-refractivity contribution in [1.29, 1.82) is 0 Å². The van der Waals surface area contributed by atoms with Crippen molar-refractivity contribution in [3.8, 4) is 5.75 Å². The SMILES string of the molecule is Cc1cccc(O)c1C(=O)OS. The first-order valence-corrected chi connectivity index (χ1v) is 3.67. The van der Waals surface area contributed by atoms with Crippen LogP contribution in [0.15, 0.2) is 18.2 Å². The lowest BCUT2D eigenvalue weighted by Crippen LogP contribution is -2.01. The second kappa shape index (κ2) is 3.49. The van der Waals surface area contributed by atoms with E-state index in [1.165, 1.54) is 6.07 Å². The van der Waals surface area contributed by atoms with Gasteiger partial charge in [-0.15, -0.1) is 0 Å². The van der Waals surface area contributed by atoms with E-state index < -0.39 is 5.97 Å². The first-order chi connectivity index (χ1) is 5.66. The van der Waals surface area contributed by atoms with E-state index in [1.54, 1.807) is 19.1 Å². The maximum Gasteiger partial charge on any atom is 0.353 e. The summed E-state index contributed by atoms with van der Waals surface area (Å²) in [5.74, 6) is -0.733. The average molecular weight is 184 g/mol. The molecule has 0 aliphatic rings. The summed E-state index contributed by atoms with van der Waals surface area (Å²) in [5, 5.41) is 9.26. The molecule has 64 valence electrons. The van der Waals surface area contributed by atoms with Gasteiger partial charge < -0.3 is 9.29 Å². The normalized spacial score (nSPS) is 9.50. The van der Waals surface area contributed by atoms with Gasteiger partial charge in [0.05, 0.1) is 0 Å². The highest BCUT2D eigenvalue weighted by atomic mass is 32.1. The van der Waals surface area contributed by atoms with Crippen molar-refractivity contribution >= 4 is 18.9 Å². The number of benzene rings is 1. The molecular formula is C8H8O3S. The topological polar surface area (TPSA) is 46.5 Å². The zero-order valence-electron chi connectivity index (χ0n) is 6.44. The number of rotatable bonds is 1. The minimum atomic E-state index is -0.645. The molecule has 0 radical (unpaired) electrons. The van der Waals surface area contributed by atoms with Gasteiger partial charge in [0.25, 0.3) is 0 Å². The van der Waals surface area contributed by atoms with Crippen molar-refractivity contribution in [1.82, 2.24) is 0 Å². The van der Waals surface area contributed by atoms with Crippen LogP contribution < -0.4 is 0 Å². The lowest BCUT2D eigenvalue weighted by molar-refractivity contribution is 0.0768. The minimum Gasteiger partial charge on any atom is -0.507 e. The molecule has 0 amide bonds. The molecule has 4 heteroatoms. The Morgan fingerprint density at radius 2 is 2.25 bits per heavy atom. The molecule has 0 aliphatic heterocycles. The van der Waals surface area contributed by atoms with E-state index in [0.717, 1.165) is 0 Å². The predicted molar refractivity (Wildman–Crippen MR) is 47.2 cm³/mol. The highest BCUT2D eigenvalue weighted by molar-refractivity contribution is 7.75. The average Bonchev–Trinajstić information content (AvgIpc) is 2.03. The summed E-state index contributed by atoms with van der Waals surface area (Å²) in [7, 11) is 0. The number of thiol groups is 1. The summed E-state index contributed by atoms with van der Waals surface area (Å²) >= 11 is 3.36. The molecule has 1 N–H and O–H groups in total. The van der Waals surface area contributed by atoms with Crippen LogP contribution in [0.25, 0.3) is 0 Å². The van der Waals surface area contributed by atoms with Gasteiger partial charge in [-0.25, -0.2) is 4.79 Å². The molecule has 12 heavy (non-hydrogen) atoms. The summed E-state index contributed by atoms with van der Waals surface area (Å²) in [4.78, 5) is 11.0. The molecule has 0 unspecified atom stereocenters. The second-order valence-corrected chi connectivity index (χ2v) is 2.53. The molecule has 0 atom stereocenters. The Kier molecular flexibility index (Phi) is 2.60. The second-order valence-electron chi connectivity index (χ2n) is 2.35. The fourth-order valence-corrected chi connectivity index (χ4v) is 1.05. The van der Waals surface area contributed by atoms with Gasteiger partial charge in [0.15, 0.2) is 0 Å². The maximum absolute atomic E-state index is 11.0. The Balaban J connectivity index is 3.21. The molecule has 1 rings (SSSR count). The van der Waals surface area contributed by atoms with Gasteiger partial charge in [0.2, 0.25) is 0 Å². The van der Waals surface area contributed by atoms with E-state index >= 15 is 0 Å². The van der Waals surface area contributed by atoms with E-state index in [1.807, 2.05) is 0 Å². The van der Waals surface area contributed by atoms with Crippen molar-refractivity contribution in [2.45, 2.75) is 6.92 Å². The number of carbonyl (C=O) groups is 1. The van der Waals surface area contributed by atoms with Crippen LogP contribution in [0.2, 0.25) is 0 Å². The smallest absolute Gasteiger partial charge is 0.353 e. The summed E-state index contributed by atoms with van der Waals surface area (Å²) in [6.45, 7) is 1.71. The minimum absolute atomic E-state index is 0.0888. The van der Waals surface area contributed by atoms with Crippen molar-refractivity contribution in [3.63, 3.8) is 0 Å². The number of aryl methyl sites for hydroxylation is 1. The maximum atomic E-state index is 11.0. The third-order valence-corrected chi connectivity index (χ3v) is 1.70. The van der Waals surface area contributed by atoms with Crippen LogP contribution in [0.3, 0.4) is 0 Å². The highest BCUT2D eigenvalue weighted by Gasteiger charge is 2.13. The van der Waals surface area contributed by atoms with Crippen LogP contribution in [0, 0.1) is 6.92 Å². The van der Waals surface area contributed by atoms with Crippen LogP contribution in [-0.2, 0) is 4.18 Å². The molecule has 3 nitrogen and oxygen atoms in total. The molecule has 1 aromatic carbocycles. The van der Waals surface area contributed by atoms with Crippen molar-refractivity contribution < 1.29 is 14.1 Å². The van der Waals surface area contributed by atoms with Gasteiger partial charge >= 0.3 is 5.97 Å². The molecule has 0 bridgehead atoms. The summed E-state index contributed by atoms with van der Waals surface area (Å²) in [6.07, 6.45) is 0. The van der Waals surface area contributed by atoms with Crippen molar-refractivity contribution in [2.24, 2.45) is 0 Å². The predicted octanol–water partition coefficient (Wildman–Crippen LogP) is 1.70. The molecule has 0 aromatic heterocycles. The lowest BCUT2D eigenvalue weighted by Gasteiger charge is -2.03. The number of aromatic hydroxyl groups is 1. The molecular weight excluding hydrogens is 176 g/mol. The van der Waals surface area contributed by atoms with E-state index in [-0.39, 0.29) is 11.3 Å². The summed E-state index contributed by atoms with van der Waals surface area (Å²) in [5.41, 5.74) is 0.821. The largest absolute Gasteiger partial charge is 0.507 e. The molecule has 0 saturated carbocycles. The van der Waals surface area contributed by atoms with Crippen molar-refractivity contribution in [2.75, 3.05) is 0 Å². The zero-order chi connectivity index (χ0) is 9.14. The number of hydrogen-bond acceptors (Lipinski definition) is 4. The summed E-state index contributed by atoms with van der Waals surface area (Å²) < 4.78 is 4.19. The molecule has 0 spiro atoms.